The van der Waals surface area contributed by atoms with Crippen LogP contribution in [-0.4, -0.2) is 55.9 Å². The number of ether oxygens (including phenoxy) is 7. The molecule has 0 aromatic heterocycles. The molecule has 0 unspecified atom stereocenters. The first-order chi connectivity index (χ1) is 21.5. The minimum Gasteiger partial charge on any atom is -0.504 e. The van der Waals surface area contributed by atoms with Gasteiger partial charge in [0.15, 0.2) is 29.1 Å². The molecule has 0 bridgehead atoms. The van der Waals surface area contributed by atoms with Crippen LogP contribution in [0.15, 0.2) is 54.1 Å². The van der Waals surface area contributed by atoms with Crippen molar-refractivity contribution >= 4 is 11.9 Å². The normalized spacial score (nSPS) is 21.9. The van der Waals surface area contributed by atoms with Crippen LogP contribution in [0.4, 0.5) is 0 Å². The third-order valence-electron chi connectivity index (χ3n) is 8.50. The van der Waals surface area contributed by atoms with E-state index in [9.17, 15) is 19.8 Å². The Balaban J connectivity index is 1.90. The number of methoxy groups -OCH3 is 3. The Bertz CT molecular complexity index is 1660. The number of phenols is 1. The van der Waals surface area contributed by atoms with E-state index in [4.69, 9.17) is 33.2 Å². The molecule has 0 saturated carbocycles. The molecule has 238 valence electrons. The van der Waals surface area contributed by atoms with E-state index < -0.39 is 41.4 Å². The summed E-state index contributed by atoms with van der Waals surface area (Å²) in [7, 11) is 4.18. The number of aromatic hydroxyl groups is 1. The van der Waals surface area contributed by atoms with E-state index in [0.29, 0.717) is 16.9 Å². The Morgan fingerprint density at radius 1 is 0.956 bits per heavy atom. The van der Waals surface area contributed by atoms with Crippen molar-refractivity contribution in [3.63, 3.8) is 0 Å². The lowest BCUT2D eigenvalue weighted by molar-refractivity contribution is -0.165. The zero-order valence-electron chi connectivity index (χ0n) is 26.1. The fourth-order valence-electron chi connectivity index (χ4n) is 5.73. The lowest BCUT2D eigenvalue weighted by atomic mass is 9.71. The number of fused-ring (bicyclic) bond motifs is 4. The number of phenolic OH excluding ortho intramolecular Hbond substituents is 1. The van der Waals surface area contributed by atoms with Gasteiger partial charge in [-0.15, -0.1) is 0 Å². The van der Waals surface area contributed by atoms with E-state index in [1.165, 1.54) is 34.3 Å². The third-order valence-corrected chi connectivity index (χ3v) is 8.50. The van der Waals surface area contributed by atoms with Crippen LogP contribution in [0.25, 0.3) is 11.1 Å². The van der Waals surface area contributed by atoms with Gasteiger partial charge in [-0.1, -0.05) is 31.2 Å². The highest BCUT2D eigenvalue weighted by atomic mass is 16.7. The van der Waals surface area contributed by atoms with Crippen LogP contribution in [0.5, 0.6) is 34.5 Å². The summed E-state index contributed by atoms with van der Waals surface area (Å²) >= 11 is 0. The second-order valence-corrected chi connectivity index (χ2v) is 11.0. The minimum absolute atomic E-state index is 0.0263. The van der Waals surface area contributed by atoms with Crippen molar-refractivity contribution in [1.29, 1.82) is 0 Å². The summed E-state index contributed by atoms with van der Waals surface area (Å²) in [6.45, 7) is 6.37. The smallest absolute Gasteiger partial charge is 0.338 e. The van der Waals surface area contributed by atoms with Crippen molar-refractivity contribution in [1.82, 2.24) is 0 Å². The first-order valence-electron chi connectivity index (χ1n) is 14.3. The average molecular weight is 621 g/mol. The molecule has 11 nitrogen and oxygen atoms in total. The van der Waals surface area contributed by atoms with Gasteiger partial charge in [0.05, 0.1) is 26.9 Å². The molecule has 45 heavy (non-hydrogen) atoms. The van der Waals surface area contributed by atoms with Gasteiger partial charge in [0.25, 0.3) is 0 Å². The third kappa shape index (κ3) is 5.27. The lowest BCUT2D eigenvalue weighted by Gasteiger charge is -2.43. The van der Waals surface area contributed by atoms with Gasteiger partial charge in [0.1, 0.15) is 11.7 Å². The van der Waals surface area contributed by atoms with Crippen LogP contribution in [0.2, 0.25) is 0 Å². The van der Waals surface area contributed by atoms with E-state index in [1.807, 2.05) is 0 Å². The highest BCUT2D eigenvalue weighted by Gasteiger charge is 2.51. The van der Waals surface area contributed by atoms with Crippen LogP contribution in [0.1, 0.15) is 61.4 Å². The van der Waals surface area contributed by atoms with E-state index in [0.717, 1.165) is 0 Å². The topological polar surface area (TPSA) is 139 Å². The van der Waals surface area contributed by atoms with Gasteiger partial charge in [0, 0.05) is 33.7 Å². The number of benzene rings is 3. The van der Waals surface area contributed by atoms with E-state index in [2.05, 4.69) is 0 Å². The number of hydrogen-bond donors (Lipinski definition) is 2. The van der Waals surface area contributed by atoms with Crippen LogP contribution < -0.4 is 23.7 Å². The molecular formula is C34H36O11. The monoisotopic (exact) mass is 620 g/mol. The van der Waals surface area contributed by atoms with Gasteiger partial charge >= 0.3 is 11.9 Å². The second kappa shape index (κ2) is 12.2. The molecule has 2 aliphatic rings. The molecule has 1 aliphatic heterocycles. The van der Waals surface area contributed by atoms with Gasteiger partial charge < -0.3 is 43.4 Å². The number of esters is 2. The number of hydrogen-bond acceptors (Lipinski definition) is 11. The van der Waals surface area contributed by atoms with E-state index >= 15 is 0 Å². The van der Waals surface area contributed by atoms with Gasteiger partial charge in [-0.25, -0.2) is 9.59 Å². The molecule has 4 atom stereocenters. The zero-order chi connectivity index (χ0) is 32.6. The predicted molar refractivity (Wildman–Crippen MR) is 162 cm³/mol. The van der Waals surface area contributed by atoms with Crippen molar-refractivity contribution in [3.8, 4) is 45.6 Å². The Kier molecular flexibility index (Phi) is 8.57. The standard InChI is InChI=1S/C34H36O11/c1-8-17(2)32(36)44-27-18(3)34(4,38)31(45-33(37)19-12-10-9-11-13-19)21-15-22(39-5)28(40-6)26(35)24(21)25-20(27)14-23-29(30(25)41-7)43-16-42-23/h8-15,18,27,31,35,38H,16H2,1-7H3/b17-8-/t18-,27+,31-,34-/m0/s1. The molecule has 1 heterocycles. The molecule has 3 aromatic rings. The summed E-state index contributed by atoms with van der Waals surface area (Å²) in [5, 5.41) is 24.3. The molecule has 0 amide bonds. The molecule has 0 fully saturated rings. The molecule has 0 saturated heterocycles. The van der Waals surface area contributed by atoms with Crippen molar-refractivity contribution in [2.75, 3.05) is 28.1 Å². The van der Waals surface area contributed by atoms with E-state index in [-0.39, 0.29) is 52.0 Å². The number of aliphatic hydroxyl groups is 1. The first kappa shape index (κ1) is 31.5. The molecule has 11 heteroatoms. The Labute approximate surface area is 260 Å². The molecule has 1 aliphatic carbocycles. The Morgan fingerprint density at radius 3 is 2.27 bits per heavy atom. The molecule has 2 N–H and O–H groups in total. The molecule has 0 radical (unpaired) electrons. The maximum absolute atomic E-state index is 13.6. The van der Waals surface area contributed by atoms with Gasteiger partial charge in [0.2, 0.25) is 18.3 Å². The summed E-state index contributed by atoms with van der Waals surface area (Å²) in [6.07, 6.45) is -0.995. The second-order valence-electron chi connectivity index (χ2n) is 11.0. The number of carbonyl (C=O) groups excluding carboxylic acids is 2. The maximum Gasteiger partial charge on any atom is 0.338 e. The highest BCUT2D eigenvalue weighted by molar-refractivity contribution is 5.92. The first-order valence-corrected chi connectivity index (χ1v) is 14.3. The maximum atomic E-state index is 13.6. The summed E-state index contributed by atoms with van der Waals surface area (Å²) in [6, 6.07) is 11.5. The van der Waals surface area contributed by atoms with Crippen molar-refractivity contribution in [2.45, 2.75) is 45.5 Å². The number of rotatable bonds is 7. The fraction of sp³-hybridized carbons (Fsp3) is 0.353. The van der Waals surface area contributed by atoms with Gasteiger partial charge in [-0.3, -0.25) is 0 Å². The summed E-state index contributed by atoms with van der Waals surface area (Å²) < 4.78 is 40.7. The van der Waals surface area contributed by atoms with Crippen LogP contribution in [0.3, 0.4) is 0 Å². The average Bonchev–Trinajstić information content (AvgIpc) is 3.52. The Morgan fingerprint density at radius 2 is 1.64 bits per heavy atom. The quantitative estimate of drug-likeness (QED) is 0.250. The summed E-state index contributed by atoms with van der Waals surface area (Å²) in [5.74, 6) is -1.87. The Hall–Kier alpha value is -4.90. The highest BCUT2D eigenvalue weighted by Crippen LogP contribution is 2.61. The van der Waals surface area contributed by atoms with Crippen molar-refractivity contribution in [3.05, 3.63) is 70.8 Å². The van der Waals surface area contributed by atoms with Crippen LogP contribution in [-0.2, 0) is 14.3 Å². The van der Waals surface area contributed by atoms with Crippen molar-refractivity contribution in [2.24, 2.45) is 5.92 Å². The molecular weight excluding hydrogens is 584 g/mol. The number of carbonyl (C=O) groups is 2. The van der Waals surface area contributed by atoms with Gasteiger partial charge in [-0.05, 0) is 45.0 Å². The fourth-order valence-corrected chi connectivity index (χ4v) is 5.73. The molecule has 5 rings (SSSR count). The largest absolute Gasteiger partial charge is 0.504 e. The van der Waals surface area contributed by atoms with E-state index in [1.54, 1.807) is 63.2 Å². The van der Waals surface area contributed by atoms with Crippen LogP contribution in [0, 0.1) is 5.92 Å². The molecule has 0 spiro atoms. The number of allylic oxidation sites excluding steroid dienone is 1. The zero-order valence-corrected chi connectivity index (χ0v) is 26.1. The van der Waals surface area contributed by atoms with Crippen LogP contribution >= 0.6 is 0 Å². The van der Waals surface area contributed by atoms with Gasteiger partial charge in [-0.2, -0.15) is 0 Å². The van der Waals surface area contributed by atoms with Crippen molar-refractivity contribution < 1.29 is 53.0 Å². The summed E-state index contributed by atoms with van der Waals surface area (Å²) in [4.78, 5) is 26.9. The summed E-state index contributed by atoms with van der Waals surface area (Å²) in [5.41, 5.74) is -0.478. The lowest BCUT2D eigenvalue weighted by Crippen LogP contribution is -2.46. The minimum atomic E-state index is -1.92. The SMILES string of the molecule is C/C=C(/C)C(=O)O[C@H]1c2cc3c(c(OC)c2-c2c(cc(OC)c(OC)c2O)[C@H](OC(=O)c2ccccc2)[C@@](C)(O)[C@H]1C)OCO3. The predicted octanol–water partition coefficient (Wildman–Crippen LogP) is 5.66. The molecule has 3 aromatic carbocycles.